The van der Waals surface area contributed by atoms with Gasteiger partial charge in [0, 0.05) is 0 Å². The lowest BCUT2D eigenvalue weighted by molar-refractivity contribution is 0.786. The largest absolute Gasteiger partial charge is 0.0990 e. The second-order valence-electron chi connectivity index (χ2n) is 3.44. The van der Waals surface area contributed by atoms with Crippen molar-refractivity contribution in [1.82, 2.24) is 0 Å². The lowest BCUT2D eigenvalue weighted by atomic mass is 9.96. The molecule has 0 aromatic heterocycles. The molecular weight excluding hydrogens is 144 g/mol. The van der Waals surface area contributed by atoms with Crippen LogP contribution in [-0.4, -0.2) is 0 Å². The summed E-state index contributed by atoms with van der Waals surface area (Å²) in [4.78, 5) is 0. The van der Waals surface area contributed by atoms with Crippen molar-refractivity contribution in [3.8, 4) is 0 Å². The topological polar surface area (TPSA) is 0 Å². The van der Waals surface area contributed by atoms with Crippen molar-refractivity contribution in [3.05, 3.63) is 48.1 Å². The van der Waals surface area contributed by atoms with Crippen LogP contribution in [0.25, 0.3) is 0 Å². The number of allylic oxidation sites excluding steroid dienone is 6. The fourth-order valence-electron chi connectivity index (χ4n) is 1.54. The Kier molecular flexibility index (Phi) is 2.69. The number of rotatable bonds is 2. The third-order valence-electron chi connectivity index (χ3n) is 2.17. The molecule has 0 saturated carbocycles. The second kappa shape index (κ2) is 3.57. The lowest BCUT2D eigenvalue weighted by Crippen LogP contribution is -1.93. The molecule has 64 valence electrons. The maximum absolute atomic E-state index is 4.02. The first-order chi connectivity index (χ1) is 5.66. The van der Waals surface area contributed by atoms with Crippen LogP contribution in [0.5, 0.6) is 0 Å². The summed E-state index contributed by atoms with van der Waals surface area (Å²) in [5, 5.41) is 0. The van der Waals surface area contributed by atoms with Gasteiger partial charge < -0.3 is 0 Å². The lowest BCUT2D eigenvalue weighted by Gasteiger charge is -2.09. The molecule has 0 spiro atoms. The third-order valence-corrected chi connectivity index (χ3v) is 2.17. The van der Waals surface area contributed by atoms with Crippen LogP contribution in [0.15, 0.2) is 48.1 Å². The minimum atomic E-state index is 0.593. The summed E-state index contributed by atoms with van der Waals surface area (Å²) >= 11 is 0. The zero-order valence-electron chi connectivity index (χ0n) is 7.93. The first kappa shape index (κ1) is 9.05. The average molecular weight is 160 g/mol. The molecule has 0 radical (unpaired) electrons. The molecule has 1 aliphatic carbocycles. The summed E-state index contributed by atoms with van der Waals surface area (Å²) in [7, 11) is 0. The molecular formula is C12H16. The predicted molar refractivity (Wildman–Crippen MR) is 55.0 cm³/mol. The Morgan fingerprint density at radius 3 is 2.67 bits per heavy atom. The molecule has 0 unspecified atom stereocenters. The first-order valence-electron chi connectivity index (χ1n) is 4.38. The van der Waals surface area contributed by atoms with Crippen LogP contribution in [0.4, 0.5) is 0 Å². The maximum atomic E-state index is 4.02. The van der Waals surface area contributed by atoms with Crippen LogP contribution in [0, 0.1) is 5.92 Å². The highest BCUT2D eigenvalue weighted by Crippen LogP contribution is 2.33. The van der Waals surface area contributed by atoms with Gasteiger partial charge in [-0.3, -0.25) is 0 Å². The average Bonchev–Trinajstić information content (AvgIpc) is 2.34. The van der Waals surface area contributed by atoms with E-state index in [0.717, 1.165) is 6.42 Å². The highest BCUT2D eigenvalue weighted by molar-refractivity contribution is 5.53. The monoisotopic (exact) mass is 160 g/mol. The first-order valence-corrected chi connectivity index (χ1v) is 4.38. The molecule has 0 heterocycles. The van der Waals surface area contributed by atoms with Gasteiger partial charge in [0.1, 0.15) is 0 Å². The molecule has 0 saturated heterocycles. The molecule has 0 aromatic rings. The molecule has 1 rings (SSSR count). The quantitative estimate of drug-likeness (QED) is 0.578. The second-order valence-corrected chi connectivity index (χ2v) is 3.44. The summed E-state index contributed by atoms with van der Waals surface area (Å²) in [5.41, 5.74) is 3.93. The maximum Gasteiger partial charge on any atom is -0.00911 e. The standard InChI is InChI=1S/C12H16/c1-5-6-12-10(4)7-8-11(12)9(2)3/h5-6,8-9H,1,4,7H2,2-3H3/b12-6+. The Balaban J connectivity index is 2.96. The summed E-state index contributed by atoms with van der Waals surface area (Å²) in [5.74, 6) is 0.593. The van der Waals surface area contributed by atoms with Gasteiger partial charge in [0.25, 0.3) is 0 Å². The minimum absolute atomic E-state index is 0.593. The molecule has 1 aliphatic rings. The van der Waals surface area contributed by atoms with Gasteiger partial charge in [0.15, 0.2) is 0 Å². The van der Waals surface area contributed by atoms with E-state index in [0.29, 0.717) is 5.92 Å². The van der Waals surface area contributed by atoms with E-state index in [1.807, 2.05) is 6.08 Å². The van der Waals surface area contributed by atoms with Crippen LogP contribution in [0.3, 0.4) is 0 Å². The van der Waals surface area contributed by atoms with E-state index >= 15 is 0 Å². The van der Waals surface area contributed by atoms with Crippen LogP contribution >= 0.6 is 0 Å². The van der Waals surface area contributed by atoms with Crippen molar-refractivity contribution in [3.63, 3.8) is 0 Å². The van der Waals surface area contributed by atoms with Gasteiger partial charge in [-0.05, 0) is 29.1 Å². The van der Waals surface area contributed by atoms with Crippen molar-refractivity contribution in [2.75, 3.05) is 0 Å². The summed E-state index contributed by atoms with van der Waals surface area (Å²) in [6.07, 6.45) is 7.17. The summed E-state index contributed by atoms with van der Waals surface area (Å²) < 4.78 is 0. The Hall–Kier alpha value is -1.04. The van der Waals surface area contributed by atoms with Crippen LogP contribution < -0.4 is 0 Å². The fraction of sp³-hybridized carbons (Fsp3) is 0.333. The van der Waals surface area contributed by atoms with Crippen molar-refractivity contribution in [2.45, 2.75) is 20.3 Å². The van der Waals surface area contributed by atoms with Gasteiger partial charge in [0.05, 0.1) is 0 Å². The highest BCUT2D eigenvalue weighted by Gasteiger charge is 2.16. The molecule has 0 aliphatic heterocycles. The van der Waals surface area contributed by atoms with Gasteiger partial charge in [0.2, 0.25) is 0 Å². The molecule has 0 N–H and O–H groups in total. The number of hydrogen-bond acceptors (Lipinski definition) is 0. The third kappa shape index (κ3) is 1.58. The molecule has 0 heteroatoms. The Morgan fingerprint density at radius 2 is 2.17 bits per heavy atom. The number of hydrogen-bond donors (Lipinski definition) is 0. The van der Waals surface area contributed by atoms with E-state index in [-0.39, 0.29) is 0 Å². The van der Waals surface area contributed by atoms with E-state index < -0.39 is 0 Å². The van der Waals surface area contributed by atoms with Crippen molar-refractivity contribution in [1.29, 1.82) is 0 Å². The fourth-order valence-corrected chi connectivity index (χ4v) is 1.54. The molecule has 0 bridgehead atoms. The van der Waals surface area contributed by atoms with Gasteiger partial charge in [-0.1, -0.05) is 45.2 Å². The van der Waals surface area contributed by atoms with Crippen LogP contribution in [0.1, 0.15) is 20.3 Å². The smallest absolute Gasteiger partial charge is 0.00911 e. The summed E-state index contributed by atoms with van der Waals surface area (Å²) in [6.45, 7) is 12.1. The SMILES string of the molecule is C=C/C=C1\C(=C)CC=C1C(C)C. The van der Waals surface area contributed by atoms with Crippen LogP contribution in [0.2, 0.25) is 0 Å². The van der Waals surface area contributed by atoms with Crippen molar-refractivity contribution < 1.29 is 0 Å². The van der Waals surface area contributed by atoms with E-state index in [1.165, 1.54) is 16.7 Å². The molecule has 12 heavy (non-hydrogen) atoms. The van der Waals surface area contributed by atoms with Crippen molar-refractivity contribution in [2.24, 2.45) is 5.92 Å². The zero-order chi connectivity index (χ0) is 9.14. The Bertz CT molecular complexity index is 262. The van der Waals surface area contributed by atoms with Gasteiger partial charge >= 0.3 is 0 Å². The predicted octanol–water partition coefficient (Wildman–Crippen LogP) is 3.64. The Morgan fingerprint density at radius 1 is 1.50 bits per heavy atom. The van der Waals surface area contributed by atoms with Crippen LogP contribution in [-0.2, 0) is 0 Å². The molecule has 0 nitrogen and oxygen atoms in total. The van der Waals surface area contributed by atoms with Crippen molar-refractivity contribution >= 4 is 0 Å². The molecule has 0 atom stereocenters. The van der Waals surface area contributed by atoms with Gasteiger partial charge in [-0.15, -0.1) is 0 Å². The van der Waals surface area contributed by atoms with E-state index in [4.69, 9.17) is 0 Å². The molecule has 0 amide bonds. The zero-order valence-corrected chi connectivity index (χ0v) is 7.93. The van der Waals surface area contributed by atoms with E-state index in [9.17, 15) is 0 Å². The normalized spacial score (nSPS) is 20.4. The van der Waals surface area contributed by atoms with Gasteiger partial charge in [-0.2, -0.15) is 0 Å². The minimum Gasteiger partial charge on any atom is -0.0990 e. The van der Waals surface area contributed by atoms with E-state index in [1.54, 1.807) is 0 Å². The summed E-state index contributed by atoms with van der Waals surface area (Å²) in [6, 6.07) is 0. The Labute approximate surface area is 75.0 Å². The molecule has 0 aromatic carbocycles. The van der Waals surface area contributed by atoms with Gasteiger partial charge in [-0.25, -0.2) is 0 Å². The highest BCUT2D eigenvalue weighted by atomic mass is 14.2. The molecule has 0 fully saturated rings. The van der Waals surface area contributed by atoms with E-state index in [2.05, 4.69) is 39.2 Å².